The standard InChI is InChI=1S/C21H21F4NO3/c1-27-19(16-4-2-3-5-17(16)21(23,24)25)11-20(13-28-12-19)26-18(10-29-20)14-6-8-15(22)9-7-14/h2-9,18,26H,10-13H2,1H3/t18-,19+,20?/m1/s1. The van der Waals surface area contributed by atoms with E-state index in [0.717, 1.165) is 11.6 Å². The molecule has 2 aromatic rings. The highest BCUT2D eigenvalue weighted by Crippen LogP contribution is 2.46. The van der Waals surface area contributed by atoms with Crippen molar-refractivity contribution in [2.75, 3.05) is 26.9 Å². The molecule has 2 aliphatic rings. The third kappa shape index (κ3) is 3.77. The number of halogens is 4. The summed E-state index contributed by atoms with van der Waals surface area (Å²) in [6.45, 7) is 0.435. The molecule has 0 amide bonds. The summed E-state index contributed by atoms with van der Waals surface area (Å²) in [6.07, 6.45) is -4.38. The minimum absolute atomic E-state index is 0.0182. The van der Waals surface area contributed by atoms with E-state index in [1.807, 2.05) is 0 Å². The number of ether oxygens (including phenoxy) is 3. The van der Waals surface area contributed by atoms with Crippen molar-refractivity contribution in [1.29, 1.82) is 0 Å². The molecule has 3 atom stereocenters. The van der Waals surface area contributed by atoms with E-state index in [4.69, 9.17) is 14.2 Å². The quantitative estimate of drug-likeness (QED) is 0.770. The highest BCUT2D eigenvalue weighted by Gasteiger charge is 2.53. The maximum atomic E-state index is 13.6. The Labute approximate surface area is 165 Å². The summed E-state index contributed by atoms with van der Waals surface area (Å²) in [5.41, 5.74) is -2.24. The van der Waals surface area contributed by atoms with Crippen LogP contribution < -0.4 is 5.32 Å². The Balaban J connectivity index is 1.64. The highest BCUT2D eigenvalue weighted by molar-refractivity contribution is 5.36. The first kappa shape index (κ1) is 20.3. The fourth-order valence-electron chi connectivity index (χ4n) is 4.19. The molecular weight excluding hydrogens is 390 g/mol. The van der Waals surface area contributed by atoms with Crippen LogP contribution in [0.15, 0.2) is 48.5 Å². The van der Waals surface area contributed by atoms with Gasteiger partial charge in [-0.3, -0.25) is 5.32 Å². The smallest absolute Gasteiger partial charge is 0.374 e. The molecule has 0 aromatic heterocycles. The second-order valence-electron chi connectivity index (χ2n) is 7.47. The molecule has 4 nitrogen and oxygen atoms in total. The van der Waals surface area contributed by atoms with Gasteiger partial charge in [-0.25, -0.2) is 4.39 Å². The van der Waals surface area contributed by atoms with E-state index < -0.39 is 23.1 Å². The first-order valence-corrected chi connectivity index (χ1v) is 9.24. The molecule has 4 rings (SSSR count). The van der Waals surface area contributed by atoms with Crippen molar-refractivity contribution in [1.82, 2.24) is 5.32 Å². The van der Waals surface area contributed by atoms with Crippen LogP contribution in [0.5, 0.6) is 0 Å². The molecule has 1 spiro atoms. The molecule has 0 saturated carbocycles. The van der Waals surface area contributed by atoms with E-state index in [1.54, 1.807) is 18.2 Å². The van der Waals surface area contributed by atoms with Gasteiger partial charge in [-0.1, -0.05) is 30.3 Å². The van der Waals surface area contributed by atoms with Crippen LogP contribution >= 0.6 is 0 Å². The Hall–Kier alpha value is -2.00. The first-order chi connectivity index (χ1) is 13.8. The number of hydrogen-bond acceptors (Lipinski definition) is 4. The predicted octanol–water partition coefficient (Wildman–Crippen LogP) is 4.16. The average Bonchev–Trinajstić information content (AvgIpc) is 3.10. The lowest BCUT2D eigenvalue weighted by molar-refractivity contribution is -0.208. The van der Waals surface area contributed by atoms with Gasteiger partial charge in [0.25, 0.3) is 0 Å². The van der Waals surface area contributed by atoms with Gasteiger partial charge in [-0.05, 0) is 29.3 Å². The van der Waals surface area contributed by atoms with Crippen LogP contribution in [0.4, 0.5) is 17.6 Å². The fourth-order valence-corrected chi connectivity index (χ4v) is 4.19. The molecule has 1 unspecified atom stereocenters. The van der Waals surface area contributed by atoms with Crippen molar-refractivity contribution >= 4 is 0 Å². The van der Waals surface area contributed by atoms with Gasteiger partial charge in [-0.2, -0.15) is 13.2 Å². The Kier molecular flexibility index (Phi) is 5.14. The number of nitrogens with one attached hydrogen (secondary N) is 1. The third-order valence-electron chi connectivity index (χ3n) is 5.59. The van der Waals surface area contributed by atoms with Gasteiger partial charge in [0.05, 0.1) is 31.4 Å². The zero-order valence-corrected chi connectivity index (χ0v) is 15.8. The molecule has 0 bridgehead atoms. The van der Waals surface area contributed by atoms with Gasteiger partial charge in [0.1, 0.15) is 17.1 Å². The van der Waals surface area contributed by atoms with Crippen molar-refractivity contribution in [2.45, 2.75) is 30.0 Å². The predicted molar refractivity (Wildman–Crippen MR) is 96.5 cm³/mol. The normalized spacial score (nSPS) is 30.0. The molecule has 8 heteroatoms. The topological polar surface area (TPSA) is 39.7 Å². The molecule has 29 heavy (non-hydrogen) atoms. The number of hydrogen-bond donors (Lipinski definition) is 1. The van der Waals surface area contributed by atoms with Crippen LogP contribution in [0, 0.1) is 5.82 Å². The van der Waals surface area contributed by atoms with Crippen LogP contribution in [0.3, 0.4) is 0 Å². The van der Waals surface area contributed by atoms with Crippen molar-refractivity contribution in [3.05, 3.63) is 71.0 Å². The first-order valence-electron chi connectivity index (χ1n) is 9.24. The van der Waals surface area contributed by atoms with Crippen molar-refractivity contribution in [3.63, 3.8) is 0 Å². The molecule has 2 aliphatic heterocycles. The Morgan fingerprint density at radius 2 is 1.79 bits per heavy atom. The van der Waals surface area contributed by atoms with E-state index >= 15 is 0 Å². The lowest BCUT2D eigenvalue weighted by Crippen LogP contribution is -2.57. The average molecular weight is 411 g/mol. The zero-order valence-electron chi connectivity index (χ0n) is 15.8. The van der Waals surface area contributed by atoms with Crippen LogP contribution in [-0.2, 0) is 26.0 Å². The zero-order chi connectivity index (χ0) is 20.7. The van der Waals surface area contributed by atoms with E-state index in [1.165, 1.54) is 31.4 Å². The molecule has 0 aliphatic carbocycles. The van der Waals surface area contributed by atoms with Gasteiger partial charge in [0.2, 0.25) is 0 Å². The minimum atomic E-state index is -4.52. The fraction of sp³-hybridized carbons (Fsp3) is 0.429. The number of alkyl halides is 3. The SMILES string of the molecule is CO[C@]1(c2ccccc2C(F)(F)F)COCC2(C1)N[C@@H](c1ccc(F)cc1)CO2. The van der Waals surface area contributed by atoms with E-state index in [9.17, 15) is 17.6 Å². The molecule has 2 aromatic carbocycles. The summed E-state index contributed by atoms with van der Waals surface area (Å²) >= 11 is 0. The van der Waals surface area contributed by atoms with Gasteiger partial charge < -0.3 is 14.2 Å². The molecule has 0 radical (unpaired) electrons. The Morgan fingerprint density at radius 3 is 2.48 bits per heavy atom. The summed E-state index contributed by atoms with van der Waals surface area (Å²) < 4.78 is 71.4. The lowest BCUT2D eigenvalue weighted by atomic mass is 9.81. The summed E-state index contributed by atoms with van der Waals surface area (Å²) in [6, 6.07) is 11.2. The van der Waals surface area contributed by atoms with Crippen LogP contribution in [0.25, 0.3) is 0 Å². The van der Waals surface area contributed by atoms with Gasteiger partial charge in [-0.15, -0.1) is 0 Å². The van der Waals surface area contributed by atoms with Gasteiger partial charge >= 0.3 is 6.18 Å². The second-order valence-corrected chi connectivity index (χ2v) is 7.47. The summed E-state index contributed by atoms with van der Waals surface area (Å²) in [5, 5.41) is 3.33. The Morgan fingerprint density at radius 1 is 1.07 bits per heavy atom. The van der Waals surface area contributed by atoms with Crippen LogP contribution in [0.2, 0.25) is 0 Å². The summed E-state index contributed by atoms with van der Waals surface area (Å²) in [7, 11) is 1.38. The number of rotatable bonds is 3. The molecule has 2 saturated heterocycles. The molecule has 2 fully saturated rings. The van der Waals surface area contributed by atoms with Crippen molar-refractivity contribution < 1.29 is 31.8 Å². The molecular formula is C21H21F4NO3. The third-order valence-corrected chi connectivity index (χ3v) is 5.59. The van der Waals surface area contributed by atoms with Gasteiger partial charge in [0.15, 0.2) is 0 Å². The van der Waals surface area contributed by atoms with E-state index in [2.05, 4.69) is 5.32 Å². The maximum Gasteiger partial charge on any atom is 0.416 e. The van der Waals surface area contributed by atoms with E-state index in [0.29, 0.717) is 0 Å². The van der Waals surface area contributed by atoms with Gasteiger partial charge in [0, 0.05) is 13.5 Å². The molecule has 1 N–H and O–H groups in total. The second kappa shape index (κ2) is 7.36. The summed E-state index contributed by atoms with van der Waals surface area (Å²) in [5.74, 6) is -0.342. The monoisotopic (exact) mass is 411 g/mol. The maximum absolute atomic E-state index is 13.6. The molecule has 156 valence electrons. The number of methoxy groups -OCH3 is 1. The van der Waals surface area contributed by atoms with E-state index in [-0.39, 0.29) is 43.7 Å². The van der Waals surface area contributed by atoms with Crippen LogP contribution in [0.1, 0.15) is 29.2 Å². The van der Waals surface area contributed by atoms with Crippen LogP contribution in [-0.4, -0.2) is 32.7 Å². The molecule has 2 heterocycles. The minimum Gasteiger partial charge on any atom is -0.374 e. The lowest BCUT2D eigenvalue weighted by Gasteiger charge is -2.45. The highest BCUT2D eigenvalue weighted by atomic mass is 19.4. The summed E-state index contributed by atoms with van der Waals surface area (Å²) in [4.78, 5) is 0. The largest absolute Gasteiger partial charge is 0.416 e. The van der Waals surface area contributed by atoms with Crippen molar-refractivity contribution in [2.24, 2.45) is 0 Å². The Bertz CT molecular complexity index is 873. The number of benzene rings is 2. The van der Waals surface area contributed by atoms with Crippen molar-refractivity contribution in [3.8, 4) is 0 Å².